The number of nitrogens with zero attached hydrogens (tertiary/aromatic N) is 1. The molecule has 0 saturated heterocycles. The number of allylic oxidation sites excluding steroid dienone is 3. The molecule has 2 rings (SSSR count). The minimum absolute atomic E-state index is 0.0285. The molecule has 0 aliphatic carbocycles. The molecule has 0 aliphatic heterocycles. The number of nitrogens with one attached hydrogen (secondary N) is 1. The Morgan fingerprint density at radius 3 is 2.56 bits per heavy atom. The van der Waals surface area contributed by atoms with E-state index in [9.17, 15) is 4.79 Å². The molecule has 1 amide bonds. The SMILES string of the molecule is CCCCCCC(=CC=CC(=O)N[C@H](C)CCCCCc1cccnc1)c1ccc(OC)cc1. The van der Waals surface area contributed by atoms with Gasteiger partial charge < -0.3 is 10.1 Å². The number of benzene rings is 1. The number of aromatic nitrogens is 1. The minimum atomic E-state index is -0.0285. The predicted octanol–water partition coefficient (Wildman–Crippen LogP) is 7.31. The zero-order chi connectivity index (χ0) is 24.4. The van der Waals surface area contributed by atoms with Crippen molar-refractivity contribution < 1.29 is 9.53 Å². The van der Waals surface area contributed by atoms with Crippen molar-refractivity contribution in [2.75, 3.05) is 7.11 Å². The molecule has 0 bridgehead atoms. The van der Waals surface area contributed by atoms with E-state index in [1.54, 1.807) is 13.2 Å². The third kappa shape index (κ3) is 11.3. The maximum absolute atomic E-state index is 12.4. The van der Waals surface area contributed by atoms with Crippen LogP contribution in [0.2, 0.25) is 0 Å². The summed E-state index contributed by atoms with van der Waals surface area (Å²) in [5.41, 5.74) is 3.73. The lowest BCUT2D eigenvalue weighted by molar-refractivity contribution is -0.117. The molecule has 0 spiro atoms. The summed E-state index contributed by atoms with van der Waals surface area (Å²) < 4.78 is 5.28. The monoisotopic (exact) mass is 462 g/mol. The van der Waals surface area contributed by atoms with E-state index < -0.39 is 0 Å². The average molecular weight is 463 g/mol. The third-order valence-corrected chi connectivity index (χ3v) is 6.02. The van der Waals surface area contributed by atoms with Crippen LogP contribution in [0.4, 0.5) is 0 Å². The van der Waals surface area contributed by atoms with Crippen LogP contribution in [0.25, 0.3) is 5.57 Å². The Labute approximate surface area is 206 Å². The Hall–Kier alpha value is -2.88. The average Bonchev–Trinajstić information content (AvgIpc) is 2.86. The molecule has 2 aromatic rings. The molecule has 1 atom stereocenters. The summed E-state index contributed by atoms with van der Waals surface area (Å²) in [7, 11) is 1.68. The molecule has 1 N–H and O–H groups in total. The fourth-order valence-corrected chi connectivity index (χ4v) is 3.99. The predicted molar refractivity (Wildman–Crippen MR) is 143 cm³/mol. The number of hydrogen-bond acceptors (Lipinski definition) is 3. The number of aryl methyl sites for hydroxylation is 1. The lowest BCUT2D eigenvalue weighted by Gasteiger charge is -2.12. The topological polar surface area (TPSA) is 51.2 Å². The maximum Gasteiger partial charge on any atom is 0.244 e. The van der Waals surface area contributed by atoms with Crippen molar-refractivity contribution in [3.8, 4) is 5.75 Å². The number of carbonyl (C=O) groups is 1. The number of rotatable bonds is 16. The molecule has 0 unspecified atom stereocenters. The number of ether oxygens (including phenoxy) is 1. The molecular weight excluding hydrogens is 420 g/mol. The summed E-state index contributed by atoms with van der Waals surface area (Å²) in [5, 5.41) is 3.10. The standard InChI is InChI=1S/C30H42N2O2/c1-4-5-6-10-16-27(28-19-21-29(34-3)22-20-28)17-11-18-30(33)32-25(2)13-8-7-9-14-26-15-12-23-31-24-26/h11-12,15,17-25H,4-10,13-14,16H2,1-3H3,(H,32,33)/t25-/m1/s1. The van der Waals surface area contributed by atoms with Gasteiger partial charge >= 0.3 is 0 Å². The Morgan fingerprint density at radius 2 is 1.85 bits per heavy atom. The van der Waals surface area contributed by atoms with Gasteiger partial charge in [0.1, 0.15) is 5.75 Å². The van der Waals surface area contributed by atoms with Gasteiger partial charge in [0.05, 0.1) is 7.11 Å². The second-order valence-electron chi connectivity index (χ2n) is 8.96. The molecule has 1 aromatic carbocycles. The summed E-state index contributed by atoms with van der Waals surface area (Å²) in [6.07, 6.45) is 20.7. The fraction of sp³-hybridized carbons (Fsp3) is 0.467. The van der Waals surface area contributed by atoms with Crippen molar-refractivity contribution in [3.63, 3.8) is 0 Å². The Balaban J connectivity index is 1.78. The van der Waals surface area contributed by atoms with E-state index in [-0.39, 0.29) is 11.9 Å². The molecule has 184 valence electrons. The normalized spacial score (nSPS) is 12.6. The molecule has 1 heterocycles. The number of hydrogen-bond donors (Lipinski definition) is 1. The first-order valence-electron chi connectivity index (χ1n) is 12.8. The van der Waals surface area contributed by atoms with E-state index in [1.807, 2.05) is 36.7 Å². The highest BCUT2D eigenvalue weighted by molar-refractivity contribution is 5.88. The summed E-state index contributed by atoms with van der Waals surface area (Å²) in [5.74, 6) is 0.828. The number of carbonyl (C=O) groups excluding carboxylic acids is 1. The molecule has 0 radical (unpaired) electrons. The number of pyridine rings is 1. The van der Waals surface area contributed by atoms with Gasteiger partial charge in [0.15, 0.2) is 0 Å². The van der Waals surface area contributed by atoms with Gasteiger partial charge in [0.2, 0.25) is 5.91 Å². The number of unbranched alkanes of at least 4 members (excludes halogenated alkanes) is 5. The van der Waals surface area contributed by atoms with E-state index in [1.165, 1.54) is 36.0 Å². The largest absolute Gasteiger partial charge is 0.497 e. The van der Waals surface area contributed by atoms with E-state index >= 15 is 0 Å². The van der Waals surface area contributed by atoms with E-state index in [2.05, 4.69) is 48.4 Å². The second-order valence-corrected chi connectivity index (χ2v) is 8.96. The van der Waals surface area contributed by atoms with Gasteiger partial charge in [-0.25, -0.2) is 0 Å². The molecule has 34 heavy (non-hydrogen) atoms. The highest BCUT2D eigenvalue weighted by Gasteiger charge is 2.05. The van der Waals surface area contributed by atoms with Crippen molar-refractivity contribution in [2.45, 2.75) is 84.1 Å². The van der Waals surface area contributed by atoms with Crippen molar-refractivity contribution in [1.29, 1.82) is 0 Å². The molecule has 1 aromatic heterocycles. The van der Waals surface area contributed by atoms with Crippen LogP contribution in [0.1, 0.15) is 82.8 Å². The molecule has 4 nitrogen and oxygen atoms in total. The first-order valence-corrected chi connectivity index (χ1v) is 12.8. The van der Waals surface area contributed by atoms with Crippen molar-refractivity contribution in [1.82, 2.24) is 10.3 Å². The van der Waals surface area contributed by atoms with Crippen LogP contribution in [0.3, 0.4) is 0 Å². The van der Waals surface area contributed by atoms with E-state index in [4.69, 9.17) is 4.74 Å². The highest BCUT2D eigenvalue weighted by Crippen LogP contribution is 2.24. The van der Waals surface area contributed by atoms with Crippen LogP contribution in [0.15, 0.2) is 67.0 Å². The van der Waals surface area contributed by atoms with Gasteiger partial charge in [0, 0.05) is 24.5 Å². The summed E-state index contributed by atoms with van der Waals surface area (Å²) in [6.45, 7) is 4.31. The van der Waals surface area contributed by atoms with E-state index in [0.29, 0.717) is 0 Å². The lowest BCUT2D eigenvalue weighted by atomic mass is 9.98. The molecular formula is C30H42N2O2. The van der Waals surface area contributed by atoms with Gasteiger partial charge in [-0.05, 0) is 73.9 Å². The van der Waals surface area contributed by atoms with Crippen molar-refractivity contribution in [3.05, 3.63) is 78.1 Å². The number of amides is 1. The van der Waals surface area contributed by atoms with Gasteiger partial charge in [-0.1, -0.05) is 69.4 Å². The van der Waals surface area contributed by atoms with Gasteiger partial charge in [-0.15, -0.1) is 0 Å². The van der Waals surface area contributed by atoms with Crippen LogP contribution < -0.4 is 10.1 Å². The van der Waals surface area contributed by atoms with Gasteiger partial charge in [-0.2, -0.15) is 0 Å². The fourth-order valence-electron chi connectivity index (χ4n) is 3.99. The first kappa shape index (κ1) is 27.4. The molecule has 0 aliphatic rings. The zero-order valence-electron chi connectivity index (χ0n) is 21.3. The second kappa shape index (κ2) is 16.7. The van der Waals surface area contributed by atoms with Crippen molar-refractivity contribution >= 4 is 11.5 Å². The van der Waals surface area contributed by atoms with Gasteiger partial charge in [0.25, 0.3) is 0 Å². The zero-order valence-corrected chi connectivity index (χ0v) is 21.3. The molecule has 0 saturated carbocycles. The first-order chi connectivity index (χ1) is 16.6. The maximum atomic E-state index is 12.4. The molecule has 4 heteroatoms. The van der Waals surface area contributed by atoms with Crippen LogP contribution >= 0.6 is 0 Å². The van der Waals surface area contributed by atoms with Crippen molar-refractivity contribution in [2.24, 2.45) is 0 Å². The van der Waals surface area contributed by atoms with E-state index in [0.717, 1.165) is 50.7 Å². The Kier molecular flexibility index (Phi) is 13.4. The van der Waals surface area contributed by atoms with Crippen LogP contribution in [-0.2, 0) is 11.2 Å². The lowest BCUT2D eigenvalue weighted by Crippen LogP contribution is -2.30. The summed E-state index contributed by atoms with van der Waals surface area (Å²) >= 11 is 0. The smallest absolute Gasteiger partial charge is 0.244 e. The van der Waals surface area contributed by atoms with Gasteiger partial charge in [-0.3, -0.25) is 9.78 Å². The highest BCUT2D eigenvalue weighted by atomic mass is 16.5. The Bertz CT molecular complexity index is 872. The quantitative estimate of drug-likeness (QED) is 0.162. The summed E-state index contributed by atoms with van der Waals surface area (Å²) in [4.78, 5) is 16.5. The molecule has 0 fully saturated rings. The van der Waals surface area contributed by atoms with Crippen LogP contribution in [0.5, 0.6) is 5.75 Å². The third-order valence-electron chi connectivity index (χ3n) is 6.02. The van der Waals surface area contributed by atoms with Crippen LogP contribution in [0, 0.1) is 0 Å². The Morgan fingerprint density at radius 1 is 1.06 bits per heavy atom. The van der Waals surface area contributed by atoms with Crippen LogP contribution in [-0.4, -0.2) is 24.0 Å². The minimum Gasteiger partial charge on any atom is -0.497 e. The number of methoxy groups -OCH3 is 1. The summed E-state index contributed by atoms with van der Waals surface area (Å²) in [6, 6.07) is 12.5.